The smallest absolute Gasteiger partial charge is 0.160 e. The standard InChI is InChI=1S/C43H32N4/c1-30-13-11-12-20-36(30)37-25-26-42-39(29-44-47(42)35-18-9-4-10-19-35)38(37)27-31-21-23-33(24-22-31)41-28-40(32-14-5-2-6-15-32)45-43(46-41)34-16-7-3-8-17-34/h2-26,28-29H,27H2,1H3. The van der Waals surface area contributed by atoms with Crippen LogP contribution in [0.1, 0.15) is 16.7 Å². The molecule has 2 heterocycles. The molecule has 0 saturated carbocycles. The average molecular weight is 605 g/mol. The molecule has 47 heavy (non-hydrogen) atoms. The van der Waals surface area contributed by atoms with E-state index >= 15 is 0 Å². The maximum Gasteiger partial charge on any atom is 0.160 e. The van der Waals surface area contributed by atoms with Crippen LogP contribution in [0.5, 0.6) is 0 Å². The van der Waals surface area contributed by atoms with Crippen LogP contribution < -0.4 is 0 Å². The van der Waals surface area contributed by atoms with E-state index in [2.05, 4.69) is 122 Å². The van der Waals surface area contributed by atoms with Crippen LogP contribution in [0.3, 0.4) is 0 Å². The highest BCUT2D eigenvalue weighted by Crippen LogP contribution is 2.35. The van der Waals surface area contributed by atoms with Gasteiger partial charge in [0.15, 0.2) is 5.82 Å². The molecular formula is C43H32N4. The van der Waals surface area contributed by atoms with Crippen LogP contribution in [0.2, 0.25) is 0 Å². The molecule has 0 radical (unpaired) electrons. The molecule has 0 fully saturated rings. The Labute approximate surface area is 274 Å². The summed E-state index contributed by atoms with van der Waals surface area (Å²) >= 11 is 0. The first-order valence-corrected chi connectivity index (χ1v) is 15.9. The number of para-hydroxylation sites is 1. The molecule has 224 valence electrons. The Bertz CT molecular complexity index is 2250. The maximum atomic E-state index is 5.03. The summed E-state index contributed by atoms with van der Waals surface area (Å²) in [4.78, 5) is 9.98. The van der Waals surface area contributed by atoms with E-state index in [9.17, 15) is 0 Å². The van der Waals surface area contributed by atoms with E-state index in [0.717, 1.165) is 56.9 Å². The molecule has 8 rings (SSSR count). The van der Waals surface area contributed by atoms with Gasteiger partial charge >= 0.3 is 0 Å². The van der Waals surface area contributed by atoms with Crippen LogP contribution in [-0.2, 0) is 6.42 Å². The molecule has 0 spiro atoms. The van der Waals surface area contributed by atoms with Crippen LogP contribution in [0.4, 0.5) is 0 Å². The second kappa shape index (κ2) is 12.3. The number of hydrogen-bond acceptors (Lipinski definition) is 3. The number of rotatable bonds is 7. The predicted molar refractivity (Wildman–Crippen MR) is 192 cm³/mol. The molecule has 8 aromatic rings. The van der Waals surface area contributed by atoms with Gasteiger partial charge < -0.3 is 0 Å². The average Bonchev–Trinajstić information content (AvgIpc) is 3.58. The Morgan fingerprint density at radius 1 is 0.532 bits per heavy atom. The lowest BCUT2D eigenvalue weighted by Crippen LogP contribution is -1.98. The monoisotopic (exact) mass is 604 g/mol. The molecule has 4 nitrogen and oxygen atoms in total. The van der Waals surface area contributed by atoms with Crippen LogP contribution in [0.25, 0.3) is 61.6 Å². The molecule has 0 saturated heterocycles. The van der Waals surface area contributed by atoms with Crippen molar-refractivity contribution in [2.75, 3.05) is 0 Å². The number of aromatic nitrogens is 4. The summed E-state index contributed by atoms with van der Waals surface area (Å²) in [5.74, 6) is 0.719. The molecule has 0 bridgehead atoms. The highest BCUT2D eigenvalue weighted by atomic mass is 15.3. The van der Waals surface area contributed by atoms with Crippen LogP contribution in [0.15, 0.2) is 164 Å². The van der Waals surface area contributed by atoms with Gasteiger partial charge in [-0.05, 0) is 65.4 Å². The molecular weight excluding hydrogens is 573 g/mol. The second-order valence-electron chi connectivity index (χ2n) is 11.8. The van der Waals surface area contributed by atoms with Crippen LogP contribution in [0, 0.1) is 6.92 Å². The first-order chi connectivity index (χ1) is 23.2. The molecule has 0 aliphatic carbocycles. The van der Waals surface area contributed by atoms with Crippen molar-refractivity contribution in [2.45, 2.75) is 13.3 Å². The Balaban J connectivity index is 1.20. The summed E-state index contributed by atoms with van der Waals surface area (Å²) in [5.41, 5.74) is 13.3. The van der Waals surface area contributed by atoms with Gasteiger partial charge in [0.2, 0.25) is 0 Å². The Morgan fingerprint density at radius 2 is 1.13 bits per heavy atom. The van der Waals surface area contributed by atoms with Crippen molar-refractivity contribution >= 4 is 10.9 Å². The lowest BCUT2D eigenvalue weighted by atomic mass is 9.90. The molecule has 4 heteroatoms. The lowest BCUT2D eigenvalue weighted by Gasteiger charge is -2.15. The van der Waals surface area contributed by atoms with E-state index in [0.29, 0.717) is 0 Å². The Kier molecular flexibility index (Phi) is 7.44. The van der Waals surface area contributed by atoms with Gasteiger partial charge in [0, 0.05) is 22.1 Å². The topological polar surface area (TPSA) is 43.6 Å². The molecule has 0 unspecified atom stereocenters. The van der Waals surface area contributed by atoms with E-state index in [1.54, 1.807) is 0 Å². The van der Waals surface area contributed by atoms with Gasteiger partial charge in [0.25, 0.3) is 0 Å². The van der Waals surface area contributed by atoms with Crippen molar-refractivity contribution in [1.82, 2.24) is 19.7 Å². The van der Waals surface area contributed by atoms with Gasteiger partial charge in [-0.1, -0.05) is 133 Å². The summed E-state index contributed by atoms with van der Waals surface area (Å²) in [6, 6.07) is 54.8. The fourth-order valence-electron chi connectivity index (χ4n) is 6.32. The van der Waals surface area contributed by atoms with Gasteiger partial charge in [0.05, 0.1) is 28.8 Å². The Morgan fingerprint density at radius 3 is 1.81 bits per heavy atom. The third-order valence-electron chi connectivity index (χ3n) is 8.76. The summed E-state index contributed by atoms with van der Waals surface area (Å²) < 4.78 is 2.04. The second-order valence-corrected chi connectivity index (χ2v) is 11.8. The molecule has 0 amide bonds. The fraction of sp³-hybridized carbons (Fsp3) is 0.0465. The first kappa shape index (κ1) is 28.4. The quantitative estimate of drug-likeness (QED) is 0.182. The largest absolute Gasteiger partial charge is 0.233 e. The molecule has 0 atom stereocenters. The van der Waals surface area contributed by atoms with E-state index in [4.69, 9.17) is 15.1 Å². The molecule has 2 aromatic heterocycles. The summed E-state index contributed by atoms with van der Waals surface area (Å²) in [6.07, 6.45) is 2.79. The lowest BCUT2D eigenvalue weighted by molar-refractivity contribution is 0.911. The summed E-state index contributed by atoms with van der Waals surface area (Å²) in [7, 11) is 0. The number of nitrogens with zero attached hydrogens (tertiary/aromatic N) is 4. The van der Waals surface area contributed by atoms with Gasteiger partial charge in [-0.2, -0.15) is 5.10 Å². The van der Waals surface area contributed by atoms with Crippen molar-refractivity contribution in [3.05, 3.63) is 181 Å². The highest BCUT2D eigenvalue weighted by Gasteiger charge is 2.17. The van der Waals surface area contributed by atoms with Gasteiger partial charge in [-0.25, -0.2) is 14.6 Å². The Hall–Kier alpha value is -6.13. The van der Waals surface area contributed by atoms with Crippen molar-refractivity contribution in [2.24, 2.45) is 0 Å². The number of benzene rings is 6. The number of aryl methyl sites for hydroxylation is 1. The van der Waals surface area contributed by atoms with E-state index in [-0.39, 0.29) is 0 Å². The van der Waals surface area contributed by atoms with Gasteiger partial charge in [-0.15, -0.1) is 0 Å². The minimum absolute atomic E-state index is 0.719. The summed E-state index contributed by atoms with van der Waals surface area (Å²) in [6.45, 7) is 2.18. The van der Waals surface area contributed by atoms with Gasteiger partial charge in [0.1, 0.15) is 0 Å². The van der Waals surface area contributed by atoms with Crippen molar-refractivity contribution in [3.8, 4) is 50.7 Å². The third kappa shape index (κ3) is 5.62. The van der Waals surface area contributed by atoms with Crippen molar-refractivity contribution in [3.63, 3.8) is 0 Å². The predicted octanol–water partition coefficient (Wildman–Crippen LogP) is 10.4. The zero-order valence-corrected chi connectivity index (χ0v) is 26.1. The van der Waals surface area contributed by atoms with Crippen LogP contribution >= 0.6 is 0 Å². The van der Waals surface area contributed by atoms with Crippen molar-refractivity contribution < 1.29 is 0 Å². The van der Waals surface area contributed by atoms with E-state index < -0.39 is 0 Å². The zero-order valence-electron chi connectivity index (χ0n) is 26.1. The molecule has 0 N–H and O–H groups in total. The first-order valence-electron chi connectivity index (χ1n) is 15.9. The van der Waals surface area contributed by atoms with Gasteiger partial charge in [-0.3, -0.25) is 0 Å². The van der Waals surface area contributed by atoms with Crippen molar-refractivity contribution in [1.29, 1.82) is 0 Å². The fourth-order valence-corrected chi connectivity index (χ4v) is 6.32. The summed E-state index contributed by atoms with van der Waals surface area (Å²) in [5, 5.41) is 6.01. The number of fused-ring (bicyclic) bond motifs is 1. The minimum atomic E-state index is 0.719. The van der Waals surface area contributed by atoms with Crippen LogP contribution in [-0.4, -0.2) is 19.7 Å². The normalized spacial score (nSPS) is 11.2. The maximum absolute atomic E-state index is 5.03. The third-order valence-corrected chi connectivity index (χ3v) is 8.76. The highest BCUT2D eigenvalue weighted by molar-refractivity contribution is 5.91. The minimum Gasteiger partial charge on any atom is -0.233 e. The number of hydrogen-bond donors (Lipinski definition) is 0. The zero-order chi connectivity index (χ0) is 31.6. The molecule has 6 aromatic carbocycles. The van der Waals surface area contributed by atoms with E-state index in [1.807, 2.05) is 53.3 Å². The van der Waals surface area contributed by atoms with E-state index in [1.165, 1.54) is 27.8 Å². The SMILES string of the molecule is Cc1ccccc1-c1ccc2c(cnn2-c2ccccc2)c1Cc1ccc(-c2cc(-c3ccccc3)nc(-c3ccccc3)n2)cc1. The molecule has 0 aliphatic heterocycles. The molecule has 0 aliphatic rings.